The highest BCUT2D eigenvalue weighted by molar-refractivity contribution is 5.98. The third-order valence-corrected chi connectivity index (χ3v) is 7.24. The van der Waals surface area contributed by atoms with Crippen LogP contribution in [0, 0.1) is 5.92 Å². The summed E-state index contributed by atoms with van der Waals surface area (Å²) in [5, 5.41) is 10.1. The summed E-state index contributed by atoms with van der Waals surface area (Å²) in [6.45, 7) is 8.61. The van der Waals surface area contributed by atoms with E-state index in [-0.39, 0.29) is 36.7 Å². The van der Waals surface area contributed by atoms with Crippen molar-refractivity contribution in [1.29, 1.82) is 0 Å². The molecule has 0 fully saturated rings. The monoisotopic (exact) mass is 526 g/mol. The lowest BCUT2D eigenvalue weighted by Crippen LogP contribution is -2.47. The third kappa shape index (κ3) is 8.41. The van der Waals surface area contributed by atoms with Crippen molar-refractivity contribution in [3.63, 3.8) is 0 Å². The zero-order chi connectivity index (χ0) is 27.7. The molecule has 210 valence electrons. The molecule has 0 spiro atoms. The Hall–Kier alpha value is -2.68. The number of rotatable bonds is 7. The molecule has 0 radical (unpaired) electrons. The summed E-state index contributed by atoms with van der Waals surface area (Å²) in [5.74, 6) is 0.513. The topological polar surface area (TPSA) is 78.4 Å². The summed E-state index contributed by atoms with van der Waals surface area (Å²) in [4.78, 5) is 24.2. The van der Waals surface area contributed by atoms with Crippen LogP contribution in [0.5, 0.6) is 5.75 Å². The Morgan fingerprint density at radius 1 is 1.13 bits per heavy atom. The lowest BCUT2D eigenvalue weighted by atomic mass is 10.0. The van der Waals surface area contributed by atoms with E-state index >= 15 is 0 Å². The quantitative estimate of drug-likeness (QED) is 0.583. The Bertz CT molecular complexity index is 1000. The molecule has 1 aliphatic rings. The average molecular weight is 527 g/mol. The van der Waals surface area contributed by atoms with Crippen molar-refractivity contribution in [3.8, 4) is 5.75 Å². The van der Waals surface area contributed by atoms with E-state index in [2.05, 4.69) is 23.9 Å². The van der Waals surface area contributed by atoms with Gasteiger partial charge in [0.15, 0.2) is 0 Å². The number of hydrogen-bond acceptors (Lipinski definition) is 7. The number of benzene rings is 1. The van der Waals surface area contributed by atoms with Crippen LogP contribution in [0.3, 0.4) is 0 Å². The highest BCUT2D eigenvalue weighted by Crippen LogP contribution is 2.29. The normalized spacial score (nSPS) is 22.4. The van der Waals surface area contributed by atoms with Gasteiger partial charge in [-0.25, -0.2) is 0 Å². The van der Waals surface area contributed by atoms with Gasteiger partial charge in [0.25, 0.3) is 5.91 Å². The second-order valence-electron chi connectivity index (χ2n) is 10.9. The lowest BCUT2D eigenvalue weighted by Gasteiger charge is -2.36. The van der Waals surface area contributed by atoms with Gasteiger partial charge in [0.2, 0.25) is 0 Å². The fraction of sp³-hybridized carbons (Fsp3) is 0.600. The molecule has 0 saturated carbocycles. The Labute approximate surface area is 228 Å². The number of carbonyl (C=O) groups excluding carboxylic acids is 1. The zero-order valence-electron chi connectivity index (χ0n) is 24.0. The van der Waals surface area contributed by atoms with Gasteiger partial charge in [-0.2, -0.15) is 0 Å². The number of pyridine rings is 1. The number of likely N-dealkylation sites (N-methyl/N-ethyl adjacent to an activating group) is 1. The first-order valence-electron chi connectivity index (χ1n) is 13.8. The van der Waals surface area contributed by atoms with Gasteiger partial charge in [0, 0.05) is 64.3 Å². The molecule has 1 aromatic carbocycles. The maximum Gasteiger partial charge on any atom is 0.258 e. The van der Waals surface area contributed by atoms with Crippen LogP contribution in [0.2, 0.25) is 0 Å². The molecule has 1 N–H and O–H groups in total. The van der Waals surface area contributed by atoms with Gasteiger partial charge in [-0.1, -0.05) is 6.92 Å². The highest BCUT2D eigenvalue weighted by atomic mass is 16.5. The molecule has 3 rings (SSSR count). The van der Waals surface area contributed by atoms with Gasteiger partial charge in [0.1, 0.15) is 5.75 Å². The summed E-state index contributed by atoms with van der Waals surface area (Å²) in [7, 11) is 6.01. The molecule has 8 nitrogen and oxygen atoms in total. The first-order chi connectivity index (χ1) is 18.2. The Kier molecular flexibility index (Phi) is 11.4. The minimum Gasteiger partial charge on any atom is -0.490 e. The zero-order valence-corrected chi connectivity index (χ0v) is 24.0. The molecule has 8 heteroatoms. The van der Waals surface area contributed by atoms with Crippen LogP contribution in [0.4, 0.5) is 5.69 Å². The molecule has 38 heavy (non-hydrogen) atoms. The van der Waals surface area contributed by atoms with Gasteiger partial charge in [-0.05, 0) is 76.1 Å². The molecule has 1 aromatic heterocycles. The molecule has 1 amide bonds. The SMILES string of the molecule is C[C@H]1CCCCO[C@H](CN(C)Cc2ccncc2)[C@@H](C)CN([C@@H](C)CO)C(=O)c2cc(N(C)C)ccc2O1. The highest BCUT2D eigenvalue weighted by Gasteiger charge is 2.30. The van der Waals surface area contributed by atoms with E-state index in [0.29, 0.717) is 24.5 Å². The van der Waals surface area contributed by atoms with E-state index in [1.54, 1.807) is 4.90 Å². The number of aliphatic hydroxyl groups excluding tert-OH is 1. The Morgan fingerprint density at radius 3 is 2.55 bits per heavy atom. The van der Waals surface area contributed by atoms with Crippen LogP contribution < -0.4 is 9.64 Å². The largest absolute Gasteiger partial charge is 0.490 e. The van der Waals surface area contributed by atoms with E-state index in [1.807, 2.05) is 75.6 Å². The first kappa shape index (κ1) is 29.9. The first-order valence-corrected chi connectivity index (χ1v) is 13.8. The fourth-order valence-electron chi connectivity index (χ4n) is 4.82. The molecule has 2 heterocycles. The second-order valence-corrected chi connectivity index (χ2v) is 10.9. The minimum atomic E-state index is -0.346. The van der Waals surface area contributed by atoms with Gasteiger partial charge in [0.05, 0.1) is 30.4 Å². The van der Waals surface area contributed by atoms with Gasteiger partial charge in [-0.3, -0.25) is 14.7 Å². The molecule has 2 aromatic rings. The number of aromatic nitrogens is 1. The third-order valence-electron chi connectivity index (χ3n) is 7.24. The standard InChI is InChI=1S/C30H46N4O4/c1-22-18-34(23(2)21-35)30(36)27-17-26(32(4)5)10-11-28(27)38-24(3)9-7-8-16-37-29(22)20-33(6)19-25-12-14-31-15-13-25/h10-15,17,22-24,29,35H,7-9,16,18-21H2,1-6H3/t22-,23-,24-,29+/m0/s1. The van der Waals surface area contributed by atoms with E-state index in [4.69, 9.17) is 9.47 Å². The average Bonchev–Trinajstić information content (AvgIpc) is 2.90. The molecule has 1 aliphatic heterocycles. The number of amides is 1. The fourth-order valence-corrected chi connectivity index (χ4v) is 4.82. The summed E-state index contributed by atoms with van der Waals surface area (Å²) >= 11 is 0. The van der Waals surface area contributed by atoms with Gasteiger partial charge in [-0.15, -0.1) is 0 Å². The molecule has 0 saturated heterocycles. The van der Waals surface area contributed by atoms with Crippen molar-refractivity contribution in [2.75, 3.05) is 52.3 Å². The van der Waals surface area contributed by atoms with Crippen molar-refractivity contribution in [2.24, 2.45) is 5.92 Å². The van der Waals surface area contributed by atoms with Crippen molar-refractivity contribution >= 4 is 11.6 Å². The molecule has 4 atom stereocenters. The van der Waals surface area contributed by atoms with Gasteiger partial charge < -0.3 is 24.4 Å². The predicted molar refractivity (Wildman–Crippen MR) is 152 cm³/mol. The number of hydrogen-bond donors (Lipinski definition) is 1. The molecule has 0 unspecified atom stereocenters. The lowest BCUT2D eigenvalue weighted by molar-refractivity contribution is -0.0177. The second kappa shape index (κ2) is 14.5. The number of aliphatic hydroxyl groups is 1. The smallest absolute Gasteiger partial charge is 0.258 e. The number of fused-ring (bicyclic) bond motifs is 1. The van der Waals surface area contributed by atoms with E-state index in [9.17, 15) is 9.90 Å². The van der Waals surface area contributed by atoms with E-state index in [0.717, 1.165) is 38.0 Å². The summed E-state index contributed by atoms with van der Waals surface area (Å²) in [6, 6.07) is 9.49. The molecule has 0 bridgehead atoms. The summed E-state index contributed by atoms with van der Waals surface area (Å²) in [5.41, 5.74) is 2.65. The number of anilines is 1. The number of nitrogens with zero attached hydrogens (tertiary/aromatic N) is 4. The van der Waals surface area contributed by atoms with Crippen molar-refractivity contribution in [1.82, 2.24) is 14.8 Å². The number of carbonyl (C=O) groups is 1. The van der Waals surface area contributed by atoms with Crippen LogP contribution in [0.15, 0.2) is 42.7 Å². The Morgan fingerprint density at radius 2 is 1.87 bits per heavy atom. The van der Waals surface area contributed by atoms with E-state index in [1.165, 1.54) is 5.56 Å². The number of ether oxygens (including phenoxy) is 2. The predicted octanol–water partition coefficient (Wildman–Crippen LogP) is 4.08. The minimum absolute atomic E-state index is 0.0281. The van der Waals surface area contributed by atoms with Crippen molar-refractivity contribution in [3.05, 3.63) is 53.9 Å². The van der Waals surface area contributed by atoms with Crippen molar-refractivity contribution in [2.45, 2.75) is 64.8 Å². The Balaban J connectivity index is 1.90. The van der Waals surface area contributed by atoms with Crippen LogP contribution >= 0.6 is 0 Å². The molecular formula is C30H46N4O4. The van der Waals surface area contributed by atoms with Crippen LogP contribution in [-0.4, -0.2) is 91.5 Å². The van der Waals surface area contributed by atoms with Gasteiger partial charge >= 0.3 is 0 Å². The summed E-state index contributed by atoms with van der Waals surface area (Å²) in [6.07, 6.45) is 6.36. The van der Waals surface area contributed by atoms with Crippen LogP contribution in [-0.2, 0) is 11.3 Å². The van der Waals surface area contributed by atoms with Crippen molar-refractivity contribution < 1.29 is 19.4 Å². The summed E-state index contributed by atoms with van der Waals surface area (Å²) < 4.78 is 12.7. The van der Waals surface area contributed by atoms with Crippen LogP contribution in [0.25, 0.3) is 0 Å². The molecule has 0 aliphatic carbocycles. The maximum absolute atomic E-state index is 14.1. The molecular weight excluding hydrogens is 480 g/mol. The van der Waals surface area contributed by atoms with E-state index < -0.39 is 0 Å². The van der Waals surface area contributed by atoms with Crippen LogP contribution in [0.1, 0.15) is 56.0 Å². The maximum atomic E-state index is 14.1.